The molecule has 0 amide bonds. The second-order valence-corrected chi connectivity index (χ2v) is 5.96. The third-order valence-corrected chi connectivity index (χ3v) is 3.51. The quantitative estimate of drug-likeness (QED) is 0.829. The molecule has 2 unspecified atom stereocenters. The van der Waals surface area contributed by atoms with Crippen LogP contribution < -0.4 is 14.8 Å². The smallest absolute Gasteiger partial charge is 0.231 e. The zero-order valence-electron chi connectivity index (χ0n) is 13.0. The Bertz CT molecular complexity index is 434. The van der Waals surface area contributed by atoms with E-state index in [2.05, 4.69) is 50.3 Å². The maximum atomic E-state index is 5.41. The highest BCUT2D eigenvalue weighted by Gasteiger charge is 2.14. The Morgan fingerprint density at radius 3 is 2.65 bits per heavy atom. The molecule has 0 saturated carbocycles. The molecule has 2 rings (SSSR count). The van der Waals surface area contributed by atoms with Gasteiger partial charge in [-0.3, -0.25) is 0 Å². The van der Waals surface area contributed by atoms with Crippen LogP contribution in [0.1, 0.15) is 25.8 Å². The van der Waals surface area contributed by atoms with Crippen molar-refractivity contribution in [1.82, 2.24) is 10.2 Å². The van der Waals surface area contributed by atoms with Crippen molar-refractivity contribution in [2.45, 2.75) is 38.8 Å². The van der Waals surface area contributed by atoms with E-state index >= 15 is 0 Å². The highest BCUT2D eigenvalue weighted by Crippen LogP contribution is 2.32. The van der Waals surface area contributed by atoms with Gasteiger partial charge < -0.3 is 19.7 Å². The summed E-state index contributed by atoms with van der Waals surface area (Å²) < 4.78 is 10.7. The largest absolute Gasteiger partial charge is 0.454 e. The minimum Gasteiger partial charge on any atom is -0.454 e. The molecule has 1 heterocycles. The second kappa shape index (κ2) is 6.95. The third kappa shape index (κ3) is 4.39. The van der Waals surface area contributed by atoms with Crippen LogP contribution in [0.4, 0.5) is 0 Å². The van der Waals surface area contributed by atoms with E-state index in [4.69, 9.17) is 9.47 Å². The molecule has 1 N–H and O–H groups in total. The molecule has 0 radical (unpaired) electrons. The number of aryl methyl sites for hydroxylation is 1. The van der Waals surface area contributed by atoms with Crippen molar-refractivity contribution in [2.24, 2.45) is 0 Å². The lowest BCUT2D eigenvalue weighted by atomic mass is 10.0. The van der Waals surface area contributed by atoms with Gasteiger partial charge in [0, 0.05) is 18.6 Å². The van der Waals surface area contributed by atoms with E-state index in [0.29, 0.717) is 18.9 Å². The van der Waals surface area contributed by atoms with Gasteiger partial charge in [0.05, 0.1) is 0 Å². The Balaban J connectivity index is 1.77. The van der Waals surface area contributed by atoms with Crippen molar-refractivity contribution in [3.63, 3.8) is 0 Å². The number of likely N-dealkylation sites (N-methyl/N-ethyl adjacent to an activating group) is 1. The molecule has 1 aliphatic heterocycles. The van der Waals surface area contributed by atoms with Crippen LogP contribution in [0.5, 0.6) is 11.5 Å². The first-order valence-electron chi connectivity index (χ1n) is 7.34. The summed E-state index contributed by atoms with van der Waals surface area (Å²) in [5, 5.41) is 3.64. The molecule has 0 aliphatic carbocycles. The molecule has 2 atom stereocenters. The van der Waals surface area contributed by atoms with Gasteiger partial charge in [-0.2, -0.15) is 0 Å². The van der Waals surface area contributed by atoms with Gasteiger partial charge in [0.2, 0.25) is 6.79 Å². The molecule has 4 nitrogen and oxygen atoms in total. The summed E-state index contributed by atoms with van der Waals surface area (Å²) in [6, 6.07) is 7.25. The van der Waals surface area contributed by atoms with Crippen LogP contribution in [-0.2, 0) is 6.42 Å². The molecular formula is C16H26N2O2. The average Bonchev–Trinajstić information content (AvgIpc) is 2.82. The maximum Gasteiger partial charge on any atom is 0.231 e. The Labute approximate surface area is 122 Å². The van der Waals surface area contributed by atoms with E-state index < -0.39 is 0 Å². The topological polar surface area (TPSA) is 33.7 Å². The lowest BCUT2D eigenvalue weighted by Gasteiger charge is -2.22. The monoisotopic (exact) mass is 278 g/mol. The first kappa shape index (κ1) is 15.1. The number of benzene rings is 1. The van der Waals surface area contributed by atoms with Gasteiger partial charge in [-0.25, -0.2) is 0 Å². The number of hydrogen-bond acceptors (Lipinski definition) is 4. The molecule has 20 heavy (non-hydrogen) atoms. The summed E-state index contributed by atoms with van der Waals surface area (Å²) in [6.45, 7) is 5.89. The Morgan fingerprint density at radius 1 is 1.15 bits per heavy atom. The number of ether oxygens (including phenoxy) is 2. The minimum atomic E-state index is 0.346. The maximum absolute atomic E-state index is 5.41. The highest BCUT2D eigenvalue weighted by atomic mass is 16.7. The summed E-state index contributed by atoms with van der Waals surface area (Å²) in [4.78, 5) is 2.21. The van der Waals surface area contributed by atoms with Crippen LogP contribution in [0.15, 0.2) is 18.2 Å². The van der Waals surface area contributed by atoms with E-state index in [1.807, 2.05) is 6.07 Å². The number of rotatable bonds is 7. The highest BCUT2D eigenvalue weighted by molar-refractivity contribution is 5.44. The molecule has 0 aromatic heterocycles. The fraction of sp³-hybridized carbons (Fsp3) is 0.625. The van der Waals surface area contributed by atoms with Crippen LogP contribution in [-0.4, -0.2) is 44.4 Å². The lowest BCUT2D eigenvalue weighted by molar-refractivity contribution is 0.174. The summed E-state index contributed by atoms with van der Waals surface area (Å²) in [6.07, 6.45) is 2.18. The average molecular weight is 278 g/mol. The van der Waals surface area contributed by atoms with Crippen molar-refractivity contribution in [1.29, 1.82) is 0 Å². The molecule has 4 heteroatoms. The van der Waals surface area contributed by atoms with Gasteiger partial charge in [-0.15, -0.1) is 0 Å². The molecule has 0 bridgehead atoms. The molecule has 1 aromatic rings. The van der Waals surface area contributed by atoms with Gasteiger partial charge in [-0.1, -0.05) is 6.07 Å². The predicted molar refractivity (Wildman–Crippen MR) is 81.5 cm³/mol. The number of hydrogen-bond donors (Lipinski definition) is 1. The van der Waals surface area contributed by atoms with E-state index in [1.165, 1.54) is 5.56 Å². The summed E-state index contributed by atoms with van der Waals surface area (Å²) >= 11 is 0. The second-order valence-electron chi connectivity index (χ2n) is 5.96. The van der Waals surface area contributed by atoms with Crippen LogP contribution >= 0.6 is 0 Å². The first-order valence-corrected chi connectivity index (χ1v) is 7.34. The fourth-order valence-corrected chi connectivity index (χ4v) is 2.65. The first-order chi connectivity index (χ1) is 9.54. The van der Waals surface area contributed by atoms with Gasteiger partial charge >= 0.3 is 0 Å². The zero-order valence-corrected chi connectivity index (χ0v) is 13.0. The van der Waals surface area contributed by atoms with Crippen LogP contribution in [0.3, 0.4) is 0 Å². The molecule has 1 aliphatic rings. The van der Waals surface area contributed by atoms with Gasteiger partial charge in [0.1, 0.15) is 0 Å². The Morgan fingerprint density at radius 2 is 1.90 bits per heavy atom. The van der Waals surface area contributed by atoms with Crippen LogP contribution in [0.25, 0.3) is 0 Å². The van der Waals surface area contributed by atoms with Crippen molar-refractivity contribution in [2.75, 3.05) is 27.4 Å². The summed E-state index contributed by atoms with van der Waals surface area (Å²) in [5.74, 6) is 1.74. The SMILES string of the molecule is CC(CCc1ccc2c(c1)OCO2)NC(C)CN(C)C. The third-order valence-electron chi connectivity index (χ3n) is 3.51. The lowest BCUT2D eigenvalue weighted by Crippen LogP contribution is -2.40. The summed E-state index contributed by atoms with van der Waals surface area (Å²) in [7, 11) is 4.21. The minimum absolute atomic E-state index is 0.346. The van der Waals surface area contributed by atoms with Crippen LogP contribution in [0, 0.1) is 0 Å². The molecule has 0 fully saturated rings. The standard InChI is InChI=1S/C16H26N2O2/c1-12(17-13(2)10-18(3)4)5-6-14-7-8-15-16(9-14)20-11-19-15/h7-9,12-13,17H,5-6,10-11H2,1-4H3. The van der Waals surface area contributed by atoms with E-state index in [0.717, 1.165) is 30.9 Å². The van der Waals surface area contributed by atoms with Gasteiger partial charge in [0.25, 0.3) is 0 Å². The zero-order chi connectivity index (χ0) is 14.5. The number of nitrogens with one attached hydrogen (secondary N) is 1. The fourth-order valence-electron chi connectivity index (χ4n) is 2.65. The Kier molecular flexibility index (Phi) is 5.26. The van der Waals surface area contributed by atoms with E-state index in [1.54, 1.807) is 0 Å². The molecule has 112 valence electrons. The van der Waals surface area contributed by atoms with Crippen molar-refractivity contribution in [3.8, 4) is 11.5 Å². The van der Waals surface area contributed by atoms with Crippen LogP contribution in [0.2, 0.25) is 0 Å². The normalized spacial score (nSPS) is 16.4. The Hall–Kier alpha value is -1.26. The molecule has 0 saturated heterocycles. The van der Waals surface area contributed by atoms with Crippen molar-refractivity contribution in [3.05, 3.63) is 23.8 Å². The van der Waals surface area contributed by atoms with Gasteiger partial charge in [-0.05, 0) is 58.5 Å². The van der Waals surface area contributed by atoms with Gasteiger partial charge in [0.15, 0.2) is 11.5 Å². The molecule has 0 spiro atoms. The molecule has 1 aromatic carbocycles. The number of fused-ring (bicyclic) bond motifs is 1. The van der Waals surface area contributed by atoms with E-state index in [9.17, 15) is 0 Å². The predicted octanol–water partition coefficient (Wildman–Crippen LogP) is 2.28. The van der Waals surface area contributed by atoms with Crippen molar-refractivity contribution >= 4 is 0 Å². The van der Waals surface area contributed by atoms with Crippen molar-refractivity contribution < 1.29 is 9.47 Å². The number of nitrogens with zero attached hydrogens (tertiary/aromatic N) is 1. The van der Waals surface area contributed by atoms with E-state index in [-0.39, 0.29) is 0 Å². The summed E-state index contributed by atoms with van der Waals surface area (Å²) in [5.41, 5.74) is 1.31. The molecular weight excluding hydrogens is 252 g/mol.